The fraction of sp³-hybridized carbons (Fsp3) is 0.700. The summed E-state index contributed by atoms with van der Waals surface area (Å²) in [5, 5.41) is 8.48. The lowest BCUT2D eigenvalue weighted by molar-refractivity contribution is 0.503. The quantitative estimate of drug-likeness (QED) is 0.535. The minimum absolute atomic E-state index is 0.0802. The van der Waals surface area contributed by atoms with Gasteiger partial charge in [0.1, 0.15) is 0 Å². The molecule has 70 valence electrons. The maximum absolute atomic E-state index is 8.48. The number of nitriles is 1. The Morgan fingerprint density at radius 3 is 2.46 bits per heavy atom. The molecular formula is C10H11Br2N. The normalized spacial score (nSPS) is 33.8. The Balaban J connectivity index is 2.16. The monoisotopic (exact) mass is 303 g/mol. The van der Waals surface area contributed by atoms with Crippen LogP contribution in [0, 0.1) is 22.7 Å². The van der Waals surface area contributed by atoms with Crippen molar-refractivity contribution < 1.29 is 0 Å². The van der Waals surface area contributed by atoms with Gasteiger partial charge in [0.2, 0.25) is 0 Å². The van der Waals surface area contributed by atoms with Gasteiger partial charge in [0.25, 0.3) is 0 Å². The van der Waals surface area contributed by atoms with Crippen molar-refractivity contribution in [1.29, 1.82) is 5.26 Å². The summed E-state index contributed by atoms with van der Waals surface area (Å²) in [6.45, 7) is 0. The van der Waals surface area contributed by atoms with Crippen LogP contribution in [-0.4, -0.2) is 3.23 Å². The highest BCUT2D eigenvalue weighted by molar-refractivity contribution is 9.25. The Bertz CT molecular complexity index is 282. The van der Waals surface area contributed by atoms with E-state index in [2.05, 4.69) is 37.9 Å². The summed E-state index contributed by atoms with van der Waals surface area (Å²) < 4.78 is 0.0802. The molecule has 0 saturated heterocycles. The summed E-state index contributed by atoms with van der Waals surface area (Å²) in [7, 11) is 0. The summed E-state index contributed by atoms with van der Waals surface area (Å²) in [6, 6.07) is 2.06. The van der Waals surface area contributed by atoms with Crippen molar-refractivity contribution in [3.63, 3.8) is 0 Å². The molecule has 0 aromatic rings. The van der Waals surface area contributed by atoms with Gasteiger partial charge in [0.05, 0.1) is 9.30 Å². The van der Waals surface area contributed by atoms with Gasteiger partial charge in [-0.25, -0.2) is 0 Å². The summed E-state index contributed by atoms with van der Waals surface area (Å²) in [5.74, 6) is 0.502. The molecule has 2 fully saturated rings. The lowest BCUT2D eigenvalue weighted by atomic mass is 10.0. The average molecular weight is 305 g/mol. The third-order valence-corrected chi connectivity index (χ3v) is 5.99. The first-order chi connectivity index (χ1) is 6.15. The van der Waals surface area contributed by atoms with Crippen molar-refractivity contribution in [1.82, 2.24) is 0 Å². The number of hydrogen-bond acceptors (Lipinski definition) is 1. The molecule has 0 bridgehead atoms. The second-order valence-corrected chi connectivity index (χ2v) is 7.52. The summed E-state index contributed by atoms with van der Waals surface area (Å²) in [4.78, 5) is 0. The predicted octanol–water partition coefficient (Wildman–Crippen LogP) is 3.74. The minimum Gasteiger partial charge on any atom is -0.193 e. The molecule has 0 aliphatic heterocycles. The van der Waals surface area contributed by atoms with Crippen LogP contribution in [0.3, 0.4) is 0 Å². The van der Waals surface area contributed by atoms with Gasteiger partial charge in [0.15, 0.2) is 0 Å². The second-order valence-electron chi connectivity index (χ2n) is 3.95. The average Bonchev–Trinajstić information content (AvgIpc) is 2.53. The van der Waals surface area contributed by atoms with E-state index in [1.165, 1.54) is 25.7 Å². The van der Waals surface area contributed by atoms with E-state index in [0.29, 0.717) is 11.3 Å². The van der Waals surface area contributed by atoms with Gasteiger partial charge >= 0.3 is 0 Å². The van der Waals surface area contributed by atoms with Crippen molar-refractivity contribution in [2.45, 2.75) is 28.9 Å². The molecule has 0 radical (unpaired) electrons. The van der Waals surface area contributed by atoms with E-state index in [0.717, 1.165) is 0 Å². The molecule has 1 nitrogen and oxygen atoms in total. The van der Waals surface area contributed by atoms with E-state index in [-0.39, 0.29) is 3.23 Å². The van der Waals surface area contributed by atoms with Gasteiger partial charge < -0.3 is 0 Å². The smallest absolute Gasteiger partial charge is 0.0936 e. The maximum atomic E-state index is 8.48. The first-order valence-electron chi connectivity index (χ1n) is 4.59. The Hall–Kier alpha value is 0.190. The molecule has 2 aliphatic carbocycles. The molecule has 0 heterocycles. The maximum Gasteiger partial charge on any atom is 0.0936 e. The summed E-state index contributed by atoms with van der Waals surface area (Å²) in [6.07, 6.45) is 8.86. The van der Waals surface area contributed by atoms with Crippen LogP contribution in [0.5, 0.6) is 0 Å². The number of halogens is 2. The van der Waals surface area contributed by atoms with Crippen molar-refractivity contribution in [2.75, 3.05) is 0 Å². The van der Waals surface area contributed by atoms with Crippen molar-refractivity contribution in [2.24, 2.45) is 11.3 Å². The summed E-state index contributed by atoms with van der Waals surface area (Å²) >= 11 is 7.45. The molecule has 2 aliphatic rings. The SMILES string of the molecule is N#CC=CC1C(Br)(Br)C12CCCC2. The molecule has 3 heteroatoms. The third kappa shape index (κ3) is 1.22. The van der Waals surface area contributed by atoms with Gasteiger partial charge in [-0.3, -0.25) is 0 Å². The van der Waals surface area contributed by atoms with Crippen molar-refractivity contribution >= 4 is 31.9 Å². The van der Waals surface area contributed by atoms with Crippen LogP contribution >= 0.6 is 31.9 Å². The molecule has 2 saturated carbocycles. The van der Waals surface area contributed by atoms with E-state index < -0.39 is 0 Å². The zero-order chi connectivity index (χ0) is 9.53. The standard InChI is InChI=1S/C10H11Br2N/c11-10(12)8(4-3-7-13)9(10)5-1-2-6-9/h3-4,8H,1-2,5-6H2. The zero-order valence-electron chi connectivity index (χ0n) is 7.26. The highest BCUT2D eigenvalue weighted by Crippen LogP contribution is 2.77. The van der Waals surface area contributed by atoms with Crippen LogP contribution in [0.25, 0.3) is 0 Å². The molecule has 0 aromatic carbocycles. The van der Waals surface area contributed by atoms with Crippen LogP contribution in [0.2, 0.25) is 0 Å². The number of hydrogen-bond donors (Lipinski definition) is 0. The van der Waals surface area contributed by atoms with Gasteiger partial charge in [-0.1, -0.05) is 50.8 Å². The lowest BCUT2D eigenvalue weighted by Crippen LogP contribution is -2.01. The molecule has 1 atom stereocenters. The van der Waals surface area contributed by atoms with Gasteiger partial charge in [0, 0.05) is 17.4 Å². The van der Waals surface area contributed by atoms with Crippen LogP contribution in [0.4, 0.5) is 0 Å². The van der Waals surface area contributed by atoms with Crippen molar-refractivity contribution in [3.8, 4) is 6.07 Å². The van der Waals surface area contributed by atoms with Gasteiger partial charge in [-0.15, -0.1) is 0 Å². The topological polar surface area (TPSA) is 23.8 Å². The molecule has 1 unspecified atom stereocenters. The lowest BCUT2D eigenvalue weighted by Gasteiger charge is -2.07. The highest BCUT2D eigenvalue weighted by atomic mass is 79.9. The molecule has 0 aromatic heterocycles. The van der Waals surface area contributed by atoms with Crippen LogP contribution in [0.15, 0.2) is 12.2 Å². The minimum atomic E-state index is 0.0802. The largest absolute Gasteiger partial charge is 0.193 e. The third-order valence-electron chi connectivity index (χ3n) is 3.43. The Labute approximate surface area is 95.5 Å². The van der Waals surface area contributed by atoms with Crippen molar-refractivity contribution in [3.05, 3.63) is 12.2 Å². The first kappa shape index (κ1) is 9.73. The number of rotatable bonds is 1. The summed E-state index contributed by atoms with van der Waals surface area (Å²) in [5.41, 5.74) is 0.403. The molecule has 0 N–H and O–H groups in total. The Kier molecular flexibility index (Phi) is 2.32. The van der Waals surface area contributed by atoms with Crippen LogP contribution in [0.1, 0.15) is 25.7 Å². The van der Waals surface area contributed by atoms with Gasteiger partial charge in [-0.05, 0) is 12.8 Å². The van der Waals surface area contributed by atoms with E-state index >= 15 is 0 Å². The fourth-order valence-electron chi connectivity index (χ4n) is 2.63. The molecular weight excluding hydrogens is 294 g/mol. The molecule has 0 amide bonds. The molecule has 13 heavy (non-hydrogen) atoms. The molecule has 2 rings (SSSR count). The number of nitrogens with zero attached hydrogens (tertiary/aromatic N) is 1. The predicted molar refractivity (Wildman–Crippen MR) is 59.7 cm³/mol. The fourth-order valence-corrected chi connectivity index (χ4v) is 4.87. The Morgan fingerprint density at radius 1 is 1.31 bits per heavy atom. The van der Waals surface area contributed by atoms with E-state index in [1.807, 2.05) is 6.08 Å². The Morgan fingerprint density at radius 2 is 1.92 bits per heavy atom. The second kappa shape index (κ2) is 3.10. The van der Waals surface area contributed by atoms with E-state index in [9.17, 15) is 0 Å². The van der Waals surface area contributed by atoms with E-state index in [4.69, 9.17) is 5.26 Å². The number of allylic oxidation sites excluding steroid dienone is 2. The molecule has 1 spiro atoms. The highest BCUT2D eigenvalue weighted by Gasteiger charge is 2.73. The van der Waals surface area contributed by atoms with Gasteiger partial charge in [-0.2, -0.15) is 5.26 Å². The van der Waals surface area contributed by atoms with Crippen LogP contribution in [-0.2, 0) is 0 Å². The number of alkyl halides is 2. The first-order valence-corrected chi connectivity index (χ1v) is 6.18. The zero-order valence-corrected chi connectivity index (χ0v) is 10.4. The van der Waals surface area contributed by atoms with E-state index in [1.54, 1.807) is 6.08 Å². The van der Waals surface area contributed by atoms with Crippen LogP contribution < -0.4 is 0 Å².